The molecule has 1 aromatic heterocycles. The van der Waals surface area contributed by atoms with E-state index >= 15 is 0 Å². The van der Waals surface area contributed by atoms with Gasteiger partial charge in [-0.1, -0.05) is 42.5 Å². The molecular formula is C22H19F2N3O. The lowest BCUT2D eigenvalue weighted by Crippen LogP contribution is -2.44. The first-order chi connectivity index (χ1) is 13.6. The van der Waals surface area contributed by atoms with Gasteiger partial charge in [0.15, 0.2) is 0 Å². The molecule has 0 spiro atoms. The quantitative estimate of drug-likeness (QED) is 0.714. The molecule has 1 aliphatic heterocycles. The summed E-state index contributed by atoms with van der Waals surface area (Å²) < 4.78 is 27.9. The maximum atomic E-state index is 14.4. The molecule has 6 heteroatoms. The number of rotatable bonds is 2. The predicted octanol–water partition coefficient (Wildman–Crippen LogP) is 3.71. The third kappa shape index (κ3) is 2.76. The minimum Gasteiger partial charge on any atom is -0.302 e. The molecule has 142 valence electrons. The molecule has 0 radical (unpaired) electrons. The topological polar surface area (TPSA) is 57.8 Å². The van der Waals surface area contributed by atoms with Crippen molar-refractivity contribution >= 4 is 0 Å². The number of hydrogen-bond acceptors (Lipinski definition) is 3. The summed E-state index contributed by atoms with van der Waals surface area (Å²) in [4.78, 5) is 12.3. The fraction of sp³-hybridized carbons (Fsp3) is 0.273. The highest BCUT2D eigenvalue weighted by Crippen LogP contribution is 2.47. The van der Waals surface area contributed by atoms with Crippen LogP contribution in [-0.4, -0.2) is 16.4 Å². The van der Waals surface area contributed by atoms with Gasteiger partial charge in [-0.05, 0) is 29.7 Å². The highest BCUT2D eigenvalue weighted by atomic mass is 19.1. The van der Waals surface area contributed by atoms with Gasteiger partial charge in [-0.15, -0.1) is 0 Å². The van der Waals surface area contributed by atoms with Gasteiger partial charge in [0.1, 0.15) is 12.0 Å². The number of nitrogens with one attached hydrogen (secondary N) is 2. The standard InChI is InChI=1S/C22H19F2N3O/c23-14-8-6-13(7-9-14)20-18(12-4-2-1-3-5-12)21-19-16(22(28)27-26-21)10-15(24)11-17(19)25-20/h1-9,15,17-18,20,25H,10-11H2,(H,27,28). The number of alkyl halides is 1. The van der Waals surface area contributed by atoms with Crippen molar-refractivity contribution in [1.29, 1.82) is 0 Å². The number of benzene rings is 2. The summed E-state index contributed by atoms with van der Waals surface area (Å²) in [5.74, 6) is -0.480. The van der Waals surface area contributed by atoms with Gasteiger partial charge < -0.3 is 5.32 Å². The summed E-state index contributed by atoms with van der Waals surface area (Å²) in [6.07, 6.45) is -0.672. The van der Waals surface area contributed by atoms with Crippen LogP contribution < -0.4 is 10.9 Å². The van der Waals surface area contributed by atoms with Crippen LogP contribution in [-0.2, 0) is 6.42 Å². The second kappa shape index (κ2) is 6.63. The maximum Gasteiger partial charge on any atom is 0.267 e. The van der Waals surface area contributed by atoms with Crippen LogP contribution >= 0.6 is 0 Å². The molecule has 0 saturated carbocycles. The Morgan fingerprint density at radius 2 is 1.75 bits per heavy atom. The van der Waals surface area contributed by atoms with Crippen LogP contribution in [0.4, 0.5) is 8.78 Å². The predicted molar refractivity (Wildman–Crippen MR) is 101 cm³/mol. The SMILES string of the molecule is O=c1[nH]nc2c3c1CC(F)CC3NC(c1ccc(F)cc1)C2c1ccccc1. The molecule has 0 fully saturated rings. The van der Waals surface area contributed by atoms with Crippen LogP contribution in [0.25, 0.3) is 0 Å². The molecule has 2 aromatic carbocycles. The number of aromatic amines is 1. The Hall–Kier alpha value is -2.86. The summed E-state index contributed by atoms with van der Waals surface area (Å²) in [7, 11) is 0. The molecule has 1 aliphatic carbocycles. The summed E-state index contributed by atoms with van der Waals surface area (Å²) in [5.41, 5.74) is 3.69. The molecule has 4 unspecified atom stereocenters. The maximum absolute atomic E-state index is 14.4. The third-order valence-electron chi connectivity index (χ3n) is 5.82. The number of aromatic nitrogens is 2. The Morgan fingerprint density at radius 1 is 1.00 bits per heavy atom. The van der Waals surface area contributed by atoms with E-state index in [9.17, 15) is 13.6 Å². The fourth-order valence-corrected chi connectivity index (χ4v) is 4.61. The average molecular weight is 379 g/mol. The molecule has 2 N–H and O–H groups in total. The number of halogens is 2. The van der Waals surface area contributed by atoms with E-state index in [0.717, 1.165) is 22.4 Å². The molecule has 2 heterocycles. The minimum absolute atomic E-state index is 0.112. The number of hydrogen-bond donors (Lipinski definition) is 2. The molecule has 28 heavy (non-hydrogen) atoms. The second-order valence-electron chi connectivity index (χ2n) is 7.50. The summed E-state index contributed by atoms with van der Waals surface area (Å²) in [6.45, 7) is 0. The summed E-state index contributed by atoms with van der Waals surface area (Å²) in [5, 5.41) is 10.5. The number of H-pyrrole nitrogens is 1. The van der Waals surface area contributed by atoms with Gasteiger partial charge in [-0.3, -0.25) is 4.79 Å². The largest absolute Gasteiger partial charge is 0.302 e. The van der Waals surface area contributed by atoms with E-state index in [4.69, 9.17) is 0 Å². The van der Waals surface area contributed by atoms with Crippen LogP contribution in [0.15, 0.2) is 59.4 Å². The van der Waals surface area contributed by atoms with Crippen molar-refractivity contribution in [2.75, 3.05) is 0 Å². The molecule has 0 amide bonds. The van der Waals surface area contributed by atoms with Crippen molar-refractivity contribution in [3.05, 3.63) is 98.7 Å². The molecule has 0 saturated heterocycles. The van der Waals surface area contributed by atoms with E-state index in [2.05, 4.69) is 15.5 Å². The van der Waals surface area contributed by atoms with E-state index < -0.39 is 6.17 Å². The minimum atomic E-state index is -1.08. The van der Waals surface area contributed by atoms with Crippen LogP contribution in [0.3, 0.4) is 0 Å². The van der Waals surface area contributed by atoms with Crippen molar-refractivity contribution in [3.8, 4) is 0 Å². The zero-order valence-corrected chi connectivity index (χ0v) is 15.0. The van der Waals surface area contributed by atoms with Crippen molar-refractivity contribution in [2.45, 2.75) is 37.0 Å². The van der Waals surface area contributed by atoms with Gasteiger partial charge >= 0.3 is 0 Å². The Bertz CT molecular complexity index is 1070. The lowest BCUT2D eigenvalue weighted by Gasteiger charge is -2.42. The molecular weight excluding hydrogens is 360 g/mol. The molecule has 4 atom stereocenters. The first-order valence-electron chi connectivity index (χ1n) is 9.43. The van der Waals surface area contributed by atoms with Crippen LogP contribution in [0.2, 0.25) is 0 Å². The fourth-order valence-electron chi connectivity index (χ4n) is 4.61. The number of nitrogens with zero attached hydrogens (tertiary/aromatic N) is 1. The van der Waals surface area contributed by atoms with Gasteiger partial charge in [0.05, 0.1) is 5.69 Å². The molecule has 2 aliphatic rings. The van der Waals surface area contributed by atoms with Crippen molar-refractivity contribution < 1.29 is 8.78 Å². The zero-order valence-electron chi connectivity index (χ0n) is 15.0. The summed E-state index contributed by atoms with van der Waals surface area (Å²) in [6, 6.07) is 15.7. The van der Waals surface area contributed by atoms with Crippen molar-refractivity contribution in [3.63, 3.8) is 0 Å². The molecule has 3 aromatic rings. The molecule has 4 nitrogen and oxygen atoms in total. The molecule has 0 bridgehead atoms. The first kappa shape index (κ1) is 17.3. The highest BCUT2D eigenvalue weighted by molar-refractivity contribution is 5.46. The lowest BCUT2D eigenvalue weighted by atomic mass is 9.73. The molecule has 5 rings (SSSR count). The second-order valence-corrected chi connectivity index (χ2v) is 7.50. The van der Waals surface area contributed by atoms with Gasteiger partial charge in [0.2, 0.25) is 0 Å². The van der Waals surface area contributed by atoms with E-state index in [1.807, 2.05) is 30.3 Å². The van der Waals surface area contributed by atoms with Gasteiger partial charge in [0.25, 0.3) is 5.56 Å². The van der Waals surface area contributed by atoms with Gasteiger partial charge in [-0.2, -0.15) is 5.10 Å². The Balaban J connectivity index is 1.73. The Kier molecular flexibility index (Phi) is 4.09. The van der Waals surface area contributed by atoms with E-state index in [1.54, 1.807) is 12.1 Å². The van der Waals surface area contributed by atoms with Gasteiger partial charge in [0, 0.05) is 35.5 Å². The normalized spacial score (nSPS) is 25.9. The van der Waals surface area contributed by atoms with E-state index in [-0.39, 0.29) is 35.8 Å². The zero-order chi connectivity index (χ0) is 19.3. The monoisotopic (exact) mass is 379 g/mol. The first-order valence-corrected chi connectivity index (χ1v) is 9.43. The lowest BCUT2D eigenvalue weighted by molar-refractivity contribution is 0.232. The van der Waals surface area contributed by atoms with Crippen LogP contribution in [0.1, 0.15) is 52.4 Å². The van der Waals surface area contributed by atoms with Crippen molar-refractivity contribution in [1.82, 2.24) is 15.5 Å². The Labute approximate surface area is 160 Å². The smallest absolute Gasteiger partial charge is 0.267 e. The highest BCUT2D eigenvalue weighted by Gasteiger charge is 2.42. The van der Waals surface area contributed by atoms with E-state index in [1.165, 1.54) is 12.1 Å². The summed E-state index contributed by atoms with van der Waals surface area (Å²) >= 11 is 0. The van der Waals surface area contributed by atoms with E-state index in [0.29, 0.717) is 12.0 Å². The third-order valence-corrected chi connectivity index (χ3v) is 5.82. The average Bonchev–Trinajstić information content (AvgIpc) is 2.71. The van der Waals surface area contributed by atoms with Crippen molar-refractivity contribution in [2.24, 2.45) is 0 Å². The van der Waals surface area contributed by atoms with Crippen LogP contribution in [0, 0.1) is 5.82 Å². The van der Waals surface area contributed by atoms with Gasteiger partial charge in [-0.25, -0.2) is 13.9 Å². The van der Waals surface area contributed by atoms with Crippen LogP contribution in [0.5, 0.6) is 0 Å². The Morgan fingerprint density at radius 3 is 2.50 bits per heavy atom.